The van der Waals surface area contributed by atoms with Crippen LogP contribution in [0.3, 0.4) is 0 Å². The van der Waals surface area contributed by atoms with Gasteiger partial charge in [-0.1, -0.05) is 0 Å². The summed E-state index contributed by atoms with van der Waals surface area (Å²) >= 11 is 0. The highest BCUT2D eigenvalue weighted by molar-refractivity contribution is 7.84. The van der Waals surface area contributed by atoms with E-state index in [1.165, 1.54) is 0 Å². The number of nitrogens with one attached hydrogen (secondary N) is 2. The second-order valence-corrected chi connectivity index (χ2v) is 5.69. The number of imidazole rings is 1. The topological polar surface area (TPSA) is 76.2 Å². The molecule has 2 aromatic rings. The molecule has 7 heteroatoms. The van der Waals surface area contributed by atoms with E-state index in [-0.39, 0.29) is 0 Å². The second kappa shape index (κ2) is 7.80. The molecule has 0 aliphatic heterocycles. The van der Waals surface area contributed by atoms with Gasteiger partial charge in [-0.25, -0.2) is 4.98 Å². The van der Waals surface area contributed by atoms with E-state index in [1.54, 1.807) is 26.6 Å². The van der Waals surface area contributed by atoms with Crippen molar-refractivity contribution in [2.45, 2.75) is 10.9 Å². The average Bonchev–Trinajstić information content (AvgIpc) is 3.03. The third-order valence-corrected chi connectivity index (χ3v) is 4.14. The van der Waals surface area contributed by atoms with Crippen LogP contribution in [0.25, 0.3) is 0 Å². The number of nitrogens with zero attached hydrogens (tertiary/aromatic N) is 1. The van der Waals surface area contributed by atoms with Crippen LogP contribution in [-0.4, -0.2) is 41.5 Å². The highest BCUT2D eigenvalue weighted by Crippen LogP contribution is 2.24. The van der Waals surface area contributed by atoms with Gasteiger partial charge in [-0.3, -0.25) is 4.21 Å². The van der Waals surface area contributed by atoms with Crippen molar-refractivity contribution in [2.24, 2.45) is 0 Å². The van der Waals surface area contributed by atoms with Gasteiger partial charge in [0.15, 0.2) is 5.16 Å². The van der Waals surface area contributed by atoms with Crippen LogP contribution in [0.5, 0.6) is 5.75 Å². The van der Waals surface area contributed by atoms with Crippen molar-refractivity contribution in [3.05, 3.63) is 36.2 Å². The zero-order valence-corrected chi connectivity index (χ0v) is 12.9. The van der Waals surface area contributed by atoms with Gasteiger partial charge in [0.2, 0.25) is 0 Å². The van der Waals surface area contributed by atoms with Crippen LogP contribution in [0.15, 0.2) is 35.7 Å². The van der Waals surface area contributed by atoms with Gasteiger partial charge in [0.1, 0.15) is 5.75 Å². The lowest BCUT2D eigenvalue weighted by atomic mass is 10.2. The Morgan fingerprint density at radius 1 is 1.38 bits per heavy atom. The van der Waals surface area contributed by atoms with Gasteiger partial charge in [0.25, 0.3) is 0 Å². The zero-order valence-electron chi connectivity index (χ0n) is 12.1. The van der Waals surface area contributed by atoms with Crippen LogP contribution in [0.1, 0.15) is 5.56 Å². The van der Waals surface area contributed by atoms with E-state index < -0.39 is 10.8 Å². The lowest BCUT2D eigenvalue weighted by molar-refractivity contribution is 0.211. The Morgan fingerprint density at radius 2 is 2.24 bits per heavy atom. The van der Waals surface area contributed by atoms with Crippen molar-refractivity contribution in [2.75, 3.05) is 32.7 Å². The van der Waals surface area contributed by atoms with Gasteiger partial charge in [0.05, 0.1) is 30.3 Å². The predicted molar refractivity (Wildman–Crippen MR) is 82.1 cm³/mol. The van der Waals surface area contributed by atoms with Gasteiger partial charge >= 0.3 is 0 Å². The molecule has 6 nitrogen and oxygen atoms in total. The summed E-state index contributed by atoms with van der Waals surface area (Å²) in [5.74, 6) is 1.10. The van der Waals surface area contributed by atoms with Crippen LogP contribution < -0.4 is 10.1 Å². The fourth-order valence-corrected chi connectivity index (χ4v) is 2.90. The number of rotatable bonds is 8. The first-order valence-electron chi connectivity index (χ1n) is 6.52. The maximum atomic E-state index is 12.3. The summed E-state index contributed by atoms with van der Waals surface area (Å²) in [5.41, 5.74) is 1.84. The van der Waals surface area contributed by atoms with Crippen molar-refractivity contribution in [1.82, 2.24) is 9.97 Å². The van der Waals surface area contributed by atoms with Crippen molar-refractivity contribution in [3.63, 3.8) is 0 Å². The Balaban J connectivity index is 2.16. The van der Waals surface area contributed by atoms with Crippen molar-refractivity contribution >= 4 is 16.5 Å². The maximum absolute atomic E-state index is 12.3. The lowest BCUT2D eigenvalue weighted by Crippen LogP contribution is -2.10. The summed E-state index contributed by atoms with van der Waals surface area (Å²) in [5, 5.41) is 3.74. The standard InChI is InChI=1S/C14H19N3O3S/c1-19-8-7-15-13-4-3-12(20-2)9-11(13)10-21(18)14-16-5-6-17-14/h3-6,9,15H,7-8,10H2,1-2H3,(H,16,17). The Bertz CT molecular complexity index is 587. The molecule has 0 bridgehead atoms. The summed E-state index contributed by atoms with van der Waals surface area (Å²) in [6, 6.07) is 5.67. The molecule has 1 aromatic carbocycles. The van der Waals surface area contributed by atoms with Crippen LogP contribution in [0.4, 0.5) is 5.69 Å². The number of aromatic amines is 1. The van der Waals surface area contributed by atoms with Crippen LogP contribution in [-0.2, 0) is 21.3 Å². The predicted octanol–water partition coefficient (Wildman–Crippen LogP) is 1.78. The monoisotopic (exact) mass is 309 g/mol. The minimum atomic E-state index is -1.22. The number of benzene rings is 1. The van der Waals surface area contributed by atoms with Gasteiger partial charge in [-0.15, -0.1) is 0 Å². The largest absolute Gasteiger partial charge is 0.497 e. The molecule has 2 N–H and O–H groups in total. The first-order chi connectivity index (χ1) is 10.2. The minimum absolute atomic E-state index is 0.361. The molecule has 1 unspecified atom stereocenters. The van der Waals surface area contributed by atoms with Gasteiger partial charge in [0, 0.05) is 31.7 Å². The molecule has 0 saturated carbocycles. The molecule has 0 aliphatic carbocycles. The maximum Gasteiger partial charge on any atom is 0.196 e. The van der Waals surface area contributed by atoms with Crippen LogP contribution in [0, 0.1) is 0 Å². The summed E-state index contributed by atoms with van der Waals surface area (Å²) < 4.78 is 22.5. The molecule has 1 heterocycles. The Morgan fingerprint density at radius 3 is 2.90 bits per heavy atom. The molecular formula is C14H19N3O3S. The molecule has 0 aliphatic rings. The Kier molecular flexibility index (Phi) is 5.77. The molecule has 114 valence electrons. The summed E-state index contributed by atoms with van der Waals surface area (Å²) in [7, 11) is 2.04. The molecule has 0 radical (unpaired) electrons. The summed E-state index contributed by atoms with van der Waals surface area (Å²) in [6.07, 6.45) is 3.26. The van der Waals surface area contributed by atoms with E-state index in [1.807, 2.05) is 18.2 Å². The van der Waals surface area contributed by atoms with E-state index in [9.17, 15) is 4.21 Å². The number of aromatic nitrogens is 2. The molecule has 1 aromatic heterocycles. The summed E-state index contributed by atoms with van der Waals surface area (Å²) in [6.45, 7) is 1.29. The number of methoxy groups -OCH3 is 2. The first kappa shape index (κ1) is 15.5. The number of anilines is 1. The number of ether oxygens (including phenoxy) is 2. The van der Waals surface area contributed by atoms with E-state index >= 15 is 0 Å². The molecule has 0 saturated heterocycles. The Hall–Kier alpha value is -1.86. The molecule has 2 rings (SSSR count). The van der Waals surface area contributed by atoms with Gasteiger partial charge < -0.3 is 19.8 Å². The van der Waals surface area contributed by atoms with E-state index in [0.29, 0.717) is 24.1 Å². The van der Waals surface area contributed by atoms with Crippen LogP contribution in [0.2, 0.25) is 0 Å². The van der Waals surface area contributed by atoms with E-state index in [0.717, 1.165) is 17.0 Å². The number of hydrogen-bond donors (Lipinski definition) is 2. The average molecular weight is 309 g/mol. The second-order valence-electron chi connectivity index (χ2n) is 4.33. The molecule has 21 heavy (non-hydrogen) atoms. The fraction of sp³-hybridized carbons (Fsp3) is 0.357. The third-order valence-electron chi connectivity index (χ3n) is 2.91. The quantitative estimate of drug-likeness (QED) is 0.727. The van der Waals surface area contributed by atoms with Crippen molar-refractivity contribution < 1.29 is 13.7 Å². The molecule has 0 fully saturated rings. The number of hydrogen-bond acceptors (Lipinski definition) is 5. The van der Waals surface area contributed by atoms with E-state index in [2.05, 4.69) is 15.3 Å². The highest BCUT2D eigenvalue weighted by Gasteiger charge is 2.12. The molecule has 0 spiro atoms. The third kappa shape index (κ3) is 4.30. The molecular weight excluding hydrogens is 290 g/mol. The van der Waals surface area contributed by atoms with Crippen molar-refractivity contribution in [3.8, 4) is 5.75 Å². The normalized spacial score (nSPS) is 12.1. The molecule has 1 atom stereocenters. The fourth-order valence-electron chi connectivity index (χ4n) is 1.86. The van der Waals surface area contributed by atoms with Crippen molar-refractivity contribution in [1.29, 1.82) is 0 Å². The van der Waals surface area contributed by atoms with Gasteiger partial charge in [-0.2, -0.15) is 0 Å². The lowest BCUT2D eigenvalue weighted by Gasteiger charge is -2.13. The van der Waals surface area contributed by atoms with Gasteiger partial charge in [-0.05, 0) is 23.8 Å². The van der Waals surface area contributed by atoms with E-state index in [4.69, 9.17) is 9.47 Å². The zero-order chi connectivity index (χ0) is 15.1. The molecule has 0 amide bonds. The highest BCUT2D eigenvalue weighted by atomic mass is 32.2. The smallest absolute Gasteiger partial charge is 0.196 e. The minimum Gasteiger partial charge on any atom is -0.497 e. The SMILES string of the molecule is COCCNc1ccc(OC)cc1CS(=O)c1ncc[nH]1. The Labute approximate surface area is 126 Å². The van der Waals surface area contributed by atoms with Crippen LogP contribution >= 0.6 is 0 Å². The number of H-pyrrole nitrogens is 1. The first-order valence-corrected chi connectivity index (χ1v) is 7.84. The summed E-state index contributed by atoms with van der Waals surface area (Å²) in [4.78, 5) is 6.91.